The fourth-order valence-corrected chi connectivity index (χ4v) is 1.85. The number of hydrogen-bond acceptors (Lipinski definition) is 5. The van der Waals surface area contributed by atoms with Crippen LogP contribution < -0.4 is 16.4 Å². The Kier molecular flexibility index (Phi) is 3.48. The molecular formula is C10H13N5OS. The fourth-order valence-electron chi connectivity index (χ4n) is 1.70. The van der Waals surface area contributed by atoms with Gasteiger partial charge in [0.1, 0.15) is 16.7 Å². The van der Waals surface area contributed by atoms with E-state index < -0.39 is 0 Å². The monoisotopic (exact) mass is 251 g/mol. The van der Waals surface area contributed by atoms with Crippen LogP contribution in [0.1, 0.15) is 18.5 Å². The number of nitrogens with one attached hydrogen (secondary N) is 2. The summed E-state index contributed by atoms with van der Waals surface area (Å²) in [4.78, 5) is 19.9. The van der Waals surface area contributed by atoms with Gasteiger partial charge in [0, 0.05) is 18.9 Å². The van der Waals surface area contributed by atoms with Crippen LogP contribution in [0.25, 0.3) is 0 Å². The molecule has 90 valence electrons. The number of amides is 1. The molecule has 17 heavy (non-hydrogen) atoms. The van der Waals surface area contributed by atoms with Crippen molar-refractivity contribution in [1.82, 2.24) is 15.3 Å². The number of nitrogens with zero attached hydrogens (tertiary/aromatic N) is 2. The Morgan fingerprint density at radius 2 is 2.29 bits per heavy atom. The quantitative estimate of drug-likeness (QED) is 0.644. The molecule has 0 saturated carbocycles. The molecule has 1 aliphatic heterocycles. The summed E-state index contributed by atoms with van der Waals surface area (Å²) in [5.41, 5.74) is 5.96. The highest BCUT2D eigenvalue weighted by Gasteiger charge is 2.23. The molecule has 1 amide bonds. The Labute approximate surface area is 104 Å². The number of thiocarbonyl (C=S) groups is 1. The second-order valence-corrected chi connectivity index (χ2v) is 4.19. The van der Waals surface area contributed by atoms with E-state index in [1.807, 2.05) is 0 Å². The SMILES string of the molecule is NC(=S)c1nccnc1NC1CCCNC1=O. The molecule has 7 heteroatoms. The molecule has 1 aromatic heterocycles. The van der Waals surface area contributed by atoms with E-state index in [9.17, 15) is 4.79 Å². The second kappa shape index (κ2) is 5.05. The van der Waals surface area contributed by atoms with Crippen molar-refractivity contribution in [3.63, 3.8) is 0 Å². The van der Waals surface area contributed by atoms with Crippen LogP contribution in [0.5, 0.6) is 0 Å². The number of rotatable bonds is 3. The first-order chi connectivity index (χ1) is 8.18. The van der Waals surface area contributed by atoms with E-state index in [0.29, 0.717) is 11.5 Å². The zero-order valence-electron chi connectivity index (χ0n) is 9.14. The molecule has 2 heterocycles. The van der Waals surface area contributed by atoms with Crippen LogP contribution in [0.3, 0.4) is 0 Å². The highest BCUT2D eigenvalue weighted by Crippen LogP contribution is 2.13. The van der Waals surface area contributed by atoms with E-state index in [4.69, 9.17) is 18.0 Å². The summed E-state index contributed by atoms with van der Waals surface area (Å²) in [5, 5.41) is 5.81. The number of anilines is 1. The van der Waals surface area contributed by atoms with Crippen molar-refractivity contribution in [3.8, 4) is 0 Å². The number of nitrogens with two attached hydrogens (primary N) is 1. The third-order valence-corrected chi connectivity index (χ3v) is 2.72. The van der Waals surface area contributed by atoms with E-state index in [1.165, 1.54) is 12.4 Å². The van der Waals surface area contributed by atoms with E-state index in [2.05, 4.69) is 20.6 Å². The van der Waals surface area contributed by atoms with Gasteiger partial charge in [-0.05, 0) is 12.8 Å². The van der Waals surface area contributed by atoms with Gasteiger partial charge in [0.05, 0.1) is 0 Å². The average Bonchev–Trinajstić information content (AvgIpc) is 2.32. The molecule has 1 atom stereocenters. The minimum atomic E-state index is -0.298. The van der Waals surface area contributed by atoms with Crippen molar-refractivity contribution < 1.29 is 4.79 Å². The molecule has 1 unspecified atom stereocenters. The van der Waals surface area contributed by atoms with Gasteiger partial charge in [-0.3, -0.25) is 4.79 Å². The maximum atomic E-state index is 11.6. The Morgan fingerprint density at radius 1 is 1.53 bits per heavy atom. The molecule has 1 aromatic rings. The lowest BCUT2D eigenvalue weighted by atomic mass is 10.1. The Hall–Kier alpha value is -1.76. The smallest absolute Gasteiger partial charge is 0.242 e. The van der Waals surface area contributed by atoms with Crippen molar-refractivity contribution in [2.75, 3.05) is 11.9 Å². The van der Waals surface area contributed by atoms with Gasteiger partial charge in [-0.1, -0.05) is 12.2 Å². The van der Waals surface area contributed by atoms with Gasteiger partial charge in [-0.25, -0.2) is 9.97 Å². The lowest BCUT2D eigenvalue weighted by Crippen LogP contribution is -2.44. The molecule has 1 saturated heterocycles. The minimum absolute atomic E-state index is 0.0317. The predicted octanol–water partition coefficient (Wildman–Crippen LogP) is -0.199. The Balaban J connectivity index is 2.17. The molecule has 4 N–H and O–H groups in total. The van der Waals surface area contributed by atoms with Crippen LogP contribution >= 0.6 is 12.2 Å². The number of hydrogen-bond donors (Lipinski definition) is 3. The number of carbonyl (C=O) groups excluding carboxylic acids is 1. The zero-order chi connectivity index (χ0) is 12.3. The first kappa shape index (κ1) is 11.7. The number of carbonyl (C=O) groups is 1. The highest BCUT2D eigenvalue weighted by atomic mass is 32.1. The molecule has 1 aliphatic rings. The van der Waals surface area contributed by atoms with Gasteiger partial charge in [0.15, 0.2) is 5.82 Å². The van der Waals surface area contributed by atoms with Gasteiger partial charge in [-0.2, -0.15) is 0 Å². The molecule has 0 radical (unpaired) electrons. The van der Waals surface area contributed by atoms with Crippen molar-refractivity contribution in [2.45, 2.75) is 18.9 Å². The van der Waals surface area contributed by atoms with E-state index in [-0.39, 0.29) is 16.9 Å². The number of aromatic nitrogens is 2. The second-order valence-electron chi connectivity index (χ2n) is 3.75. The normalized spacial score (nSPS) is 19.5. The molecule has 1 fully saturated rings. The lowest BCUT2D eigenvalue weighted by molar-refractivity contribution is -0.123. The number of piperidine rings is 1. The van der Waals surface area contributed by atoms with Crippen molar-refractivity contribution in [3.05, 3.63) is 18.1 Å². The third kappa shape index (κ3) is 2.68. The third-order valence-electron chi connectivity index (χ3n) is 2.53. The molecule has 0 aliphatic carbocycles. The average molecular weight is 251 g/mol. The first-order valence-corrected chi connectivity index (χ1v) is 5.74. The maximum absolute atomic E-state index is 11.6. The summed E-state index contributed by atoms with van der Waals surface area (Å²) in [5.74, 6) is 0.429. The van der Waals surface area contributed by atoms with Crippen molar-refractivity contribution >= 4 is 28.9 Å². The molecule has 0 spiro atoms. The van der Waals surface area contributed by atoms with Crippen molar-refractivity contribution in [1.29, 1.82) is 0 Å². The molecule has 0 bridgehead atoms. The maximum Gasteiger partial charge on any atom is 0.242 e. The topological polar surface area (TPSA) is 92.9 Å². The van der Waals surface area contributed by atoms with E-state index >= 15 is 0 Å². The minimum Gasteiger partial charge on any atom is -0.388 e. The zero-order valence-corrected chi connectivity index (χ0v) is 9.96. The van der Waals surface area contributed by atoms with Gasteiger partial charge in [-0.15, -0.1) is 0 Å². The summed E-state index contributed by atoms with van der Waals surface area (Å²) < 4.78 is 0. The van der Waals surface area contributed by atoms with Crippen LogP contribution in [-0.2, 0) is 4.79 Å². The Morgan fingerprint density at radius 3 is 3.00 bits per heavy atom. The summed E-state index contributed by atoms with van der Waals surface area (Å²) >= 11 is 4.88. The molecule has 6 nitrogen and oxygen atoms in total. The van der Waals surface area contributed by atoms with Crippen LogP contribution in [-0.4, -0.2) is 33.5 Å². The van der Waals surface area contributed by atoms with Crippen LogP contribution in [0.4, 0.5) is 5.82 Å². The molecular weight excluding hydrogens is 238 g/mol. The summed E-state index contributed by atoms with van der Waals surface area (Å²) in [6.07, 6.45) is 4.75. The predicted molar refractivity (Wildman–Crippen MR) is 67.6 cm³/mol. The first-order valence-electron chi connectivity index (χ1n) is 5.33. The standard InChI is InChI=1S/C10H13N5OS/c11-8(17)7-9(13-5-4-12-7)15-6-2-1-3-14-10(6)16/h4-6H,1-3H2,(H2,11,17)(H,13,15)(H,14,16). The summed E-state index contributed by atoms with van der Waals surface area (Å²) in [6.45, 7) is 0.722. The van der Waals surface area contributed by atoms with Gasteiger partial charge in [0.2, 0.25) is 5.91 Å². The van der Waals surface area contributed by atoms with Crippen LogP contribution in [0.2, 0.25) is 0 Å². The summed E-state index contributed by atoms with van der Waals surface area (Å²) in [6, 6.07) is -0.298. The van der Waals surface area contributed by atoms with Crippen LogP contribution in [0.15, 0.2) is 12.4 Å². The van der Waals surface area contributed by atoms with Crippen LogP contribution in [0, 0.1) is 0 Å². The summed E-state index contributed by atoms with van der Waals surface area (Å²) in [7, 11) is 0. The molecule has 2 rings (SSSR count). The van der Waals surface area contributed by atoms with Crippen molar-refractivity contribution in [2.24, 2.45) is 5.73 Å². The van der Waals surface area contributed by atoms with E-state index in [1.54, 1.807) is 0 Å². The highest BCUT2D eigenvalue weighted by molar-refractivity contribution is 7.80. The van der Waals surface area contributed by atoms with Gasteiger partial charge < -0.3 is 16.4 Å². The Bertz CT molecular complexity index is 450. The van der Waals surface area contributed by atoms with E-state index in [0.717, 1.165) is 19.4 Å². The lowest BCUT2D eigenvalue weighted by Gasteiger charge is -2.23. The largest absolute Gasteiger partial charge is 0.388 e. The van der Waals surface area contributed by atoms with Gasteiger partial charge in [0.25, 0.3) is 0 Å². The van der Waals surface area contributed by atoms with Gasteiger partial charge >= 0.3 is 0 Å². The molecule has 0 aromatic carbocycles. The fraction of sp³-hybridized carbons (Fsp3) is 0.400.